The summed E-state index contributed by atoms with van der Waals surface area (Å²) in [5.41, 5.74) is -0.987. The minimum atomic E-state index is -4.64. The average molecular weight is 508 g/mol. The van der Waals surface area contributed by atoms with E-state index in [2.05, 4.69) is 37.5 Å². The Morgan fingerprint density at radius 2 is 1.94 bits per heavy atom. The Morgan fingerprint density at radius 3 is 2.69 bits per heavy atom. The first-order valence-corrected chi connectivity index (χ1v) is 11.6. The summed E-state index contributed by atoms with van der Waals surface area (Å²) in [6.45, 7) is 4.05. The zero-order valence-corrected chi connectivity index (χ0v) is 20.0. The molecule has 2 aromatic rings. The Kier molecular flexibility index (Phi) is 7.77. The van der Waals surface area contributed by atoms with E-state index in [-0.39, 0.29) is 36.7 Å². The van der Waals surface area contributed by atoms with Crippen LogP contribution < -0.4 is 10.6 Å². The van der Waals surface area contributed by atoms with Crippen molar-refractivity contribution in [1.82, 2.24) is 24.8 Å². The van der Waals surface area contributed by atoms with E-state index in [1.165, 1.54) is 29.7 Å². The van der Waals surface area contributed by atoms with Crippen LogP contribution in [-0.2, 0) is 15.7 Å². The molecule has 2 aliphatic rings. The number of rotatable bonds is 8. The molecule has 0 aromatic carbocycles. The van der Waals surface area contributed by atoms with Crippen LogP contribution in [0, 0.1) is 6.92 Å². The molecule has 0 unspecified atom stereocenters. The molecule has 1 amide bonds. The van der Waals surface area contributed by atoms with Gasteiger partial charge in [0.2, 0.25) is 5.95 Å². The maximum Gasteiger partial charge on any atom is 0.421 e. The van der Waals surface area contributed by atoms with Crippen molar-refractivity contribution in [2.24, 2.45) is 0 Å². The number of carbonyl (C=O) groups excluding carboxylic acids is 1. The number of likely N-dealkylation sites (tertiary alicyclic amines) is 1. The number of ether oxygens (including phenoxy) is 1. The third-order valence-electron chi connectivity index (χ3n) is 5.97. The van der Waals surface area contributed by atoms with Gasteiger partial charge in [0.1, 0.15) is 23.4 Å². The van der Waals surface area contributed by atoms with E-state index in [0.29, 0.717) is 23.9 Å². The minimum absolute atomic E-state index is 0.0373. The van der Waals surface area contributed by atoms with Gasteiger partial charge in [0.15, 0.2) is 11.7 Å². The second kappa shape index (κ2) is 11.0. The smallest absolute Gasteiger partial charge is 0.421 e. The van der Waals surface area contributed by atoms with Crippen LogP contribution in [0.5, 0.6) is 0 Å². The number of piperidine rings is 1. The number of aromatic nitrogens is 3. The van der Waals surface area contributed by atoms with E-state index in [1.54, 1.807) is 6.92 Å². The summed E-state index contributed by atoms with van der Waals surface area (Å²) in [5, 5.41) is 5.61. The molecule has 194 valence electrons. The van der Waals surface area contributed by atoms with Crippen molar-refractivity contribution in [2.75, 3.05) is 43.9 Å². The second-order valence-corrected chi connectivity index (χ2v) is 8.65. The van der Waals surface area contributed by atoms with Crippen molar-refractivity contribution in [2.45, 2.75) is 38.3 Å². The van der Waals surface area contributed by atoms with Crippen molar-refractivity contribution in [3.8, 4) is 0 Å². The molecule has 36 heavy (non-hydrogen) atoms. The van der Waals surface area contributed by atoms with Gasteiger partial charge >= 0.3 is 6.18 Å². The Morgan fingerprint density at radius 1 is 1.17 bits per heavy atom. The maximum atomic E-state index is 13.5. The molecule has 0 spiro atoms. The summed E-state index contributed by atoms with van der Waals surface area (Å²) in [6.07, 6.45) is 3.64. The number of alkyl halides is 3. The normalized spacial score (nSPS) is 17.2. The fourth-order valence-corrected chi connectivity index (χ4v) is 3.91. The highest BCUT2D eigenvalue weighted by molar-refractivity contribution is 5.88. The fourth-order valence-electron chi connectivity index (χ4n) is 3.91. The quantitative estimate of drug-likeness (QED) is 0.513. The van der Waals surface area contributed by atoms with Gasteiger partial charge in [-0.25, -0.2) is 4.98 Å². The number of hydrogen-bond acceptors (Lipinski definition) is 9. The van der Waals surface area contributed by atoms with Crippen molar-refractivity contribution in [3.05, 3.63) is 48.2 Å². The highest BCUT2D eigenvalue weighted by Crippen LogP contribution is 2.35. The minimum Gasteiger partial charge on any atom is -0.471 e. The molecule has 2 N–H and O–H groups in total. The predicted molar refractivity (Wildman–Crippen MR) is 125 cm³/mol. The van der Waals surface area contributed by atoms with Gasteiger partial charge < -0.3 is 29.6 Å². The molecule has 0 radical (unpaired) electrons. The SMILES string of the molecule is Cc1oc(C2CCN(C)CC2)nc1Nc1ncc(C(F)(F)F)c(NCCCN2C=COC=CC2=O)n1. The van der Waals surface area contributed by atoms with E-state index in [4.69, 9.17) is 9.15 Å². The Hall–Kier alpha value is -3.61. The molecule has 10 nitrogen and oxygen atoms in total. The lowest BCUT2D eigenvalue weighted by molar-refractivity contribution is -0.137. The zero-order chi connectivity index (χ0) is 25.7. The van der Waals surface area contributed by atoms with Crippen LogP contribution in [0.4, 0.5) is 30.8 Å². The van der Waals surface area contributed by atoms with Crippen LogP contribution in [0.25, 0.3) is 0 Å². The van der Waals surface area contributed by atoms with Crippen molar-refractivity contribution < 1.29 is 27.1 Å². The van der Waals surface area contributed by atoms with E-state index in [9.17, 15) is 18.0 Å². The molecule has 4 rings (SSSR count). The summed E-state index contributed by atoms with van der Waals surface area (Å²) >= 11 is 0. The maximum absolute atomic E-state index is 13.5. The molecular formula is C23H28F3N7O3. The third kappa shape index (κ3) is 6.33. The highest BCUT2D eigenvalue weighted by atomic mass is 19.4. The predicted octanol–water partition coefficient (Wildman–Crippen LogP) is 3.99. The van der Waals surface area contributed by atoms with Crippen molar-refractivity contribution in [1.29, 1.82) is 0 Å². The third-order valence-corrected chi connectivity index (χ3v) is 5.97. The van der Waals surface area contributed by atoms with E-state index in [1.807, 2.05) is 0 Å². The number of nitrogens with one attached hydrogen (secondary N) is 2. The largest absolute Gasteiger partial charge is 0.471 e. The van der Waals surface area contributed by atoms with Crippen LogP contribution in [-0.4, -0.2) is 63.9 Å². The van der Waals surface area contributed by atoms with E-state index in [0.717, 1.165) is 32.1 Å². The van der Waals surface area contributed by atoms with Crippen LogP contribution in [0.3, 0.4) is 0 Å². The van der Waals surface area contributed by atoms with Gasteiger partial charge in [-0.15, -0.1) is 0 Å². The number of halogens is 3. The Bertz CT molecular complexity index is 1120. The number of aryl methyl sites for hydroxylation is 1. The molecule has 2 aliphatic heterocycles. The van der Waals surface area contributed by atoms with Crippen molar-refractivity contribution in [3.63, 3.8) is 0 Å². The fraction of sp³-hybridized carbons (Fsp3) is 0.478. The summed E-state index contributed by atoms with van der Waals surface area (Å²) in [7, 11) is 2.06. The molecule has 0 bridgehead atoms. The van der Waals surface area contributed by atoms with E-state index < -0.39 is 11.7 Å². The lowest BCUT2D eigenvalue weighted by Gasteiger charge is -2.26. The van der Waals surface area contributed by atoms with Crippen LogP contribution in [0.2, 0.25) is 0 Å². The van der Waals surface area contributed by atoms with Gasteiger partial charge in [0.05, 0.1) is 6.26 Å². The first kappa shape index (κ1) is 25.5. The summed E-state index contributed by atoms with van der Waals surface area (Å²) in [6, 6.07) is 0. The lowest BCUT2D eigenvalue weighted by atomic mass is 9.97. The summed E-state index contributed by atoms with van der Waals surface area (Å²) < 4.78 is 51.4. The zero-order valence-electron chi connectivity index (χ0n) is 20.0. The number of anilines is 3. The second-order valence-electron chi connectivity index (χ2n) is 8.65. The first-order valence-electron chi connectivity index (χ1n) is 11.6. The number of carbonyl (C=O) groups is 1. The van der Waals surface area contributed by atoms with Crippen LogP contribution in [0.1, 0.15) is 42.4 Å². The van der Waals surface area contributed by atoms with Gasteiger partial charge in [-0.1, -0.05) is 0 Å². The van der Waals surface area contributed by atoms with Gasteiger partial charge in [-0.2, -0.15) is 23.1 Å². The van der Waals surface area contributed by atoms with Gasteiger partial charge in [-0.3, -0.25) is 4.79 Å². The molecular weight excluding hydrogens is 479 g/mol. The van der Waals surface area contributed by atoms with Crippen LogP contribution >= 0.6 is 0 Å². The Labute approximate surface area is 206 Å². The monoisotopic (exact) mass is 507 g/mol. The lowest BCUT2D eigenvalue weighted by Crippen LogP contribution is -2.29. The molecule has 1 fully saturated rings. The number of hydrogen-bond donors (Lipinski definition) is 2. The molecule has 2 aromatic heterocycles. The van der Waals surface area contributed by atoms with Crippen molar-refractivity contribution >= 4 is 23.5 Å². The van der Waals surface area contributed by atoms with Gasteiger partial charge in [0.25, 0.3) is 5.91 Å². The average Bonchev–Trinajstić information content (AvgIpc) is 3.06. The number of amides is 1. The topological polar surface area (TPSA) is 109 Å². The van der Waals surface area contributed by atoms with Crippen LogP contribution in [0.15, 0.2) is 35.4 Å². The highest BCUT2D eigenvalue weighted by Gasteiger charge is 2.35. The van der Waals surface area contributed by atoms with Gasteiger partial charge in [0, 0.05) is 37.5 Å². The molecule has 4 heterocycles. The molecule has 0 saturated carbocycles. The Balaban J connectivity index is 1.43. The number of oxazole rings is 1. The summed E-state index contributed by atoms with van der Waals surface area (Å²) in [5.74, 6) is 0.990. The standard InChI is InChI=1S/C23H28F3N7O3/c1-15-19(29-21(36-15)16-4-9-32(2)10-5-16)30-22-28-14-17(23(24,25)26)20(31-22)27-7-3-8-33-11-13-35-12-6-18(33)34/h6,11-14,16H,3-5,7-10H2,1-2H3,(H2,27,28,30,31). The van der Waals surface area contributed by atoms with E-state index >= 15 is 0 Å². The molecule has 0 atom stereocenters. The summed E-state index contributed by atoms with van der Waals surface area (Å²) in [4.78, 5) is 28.0. The molecule has 1 saturated heterocycles. The molecule has 13 heteroatoms. The number of nitrogens with zero attached hydrogens (tertiary/aromatic N) is 5. The van der Waals surface area contributed by atoms with Gasteiger partial charge in [-0.05, 0) is 46.3 Å². The first-order chi connectivity index (χ1) is 17.2. The molecule has 0 aliphatic carbocycles.